The summed E-state index contributed by atoms with van der Waals surface area (Å²) in [6.45, 7) is 4.77. The van der Waals surface area contributed by atoms with Crippen molar-refractivity contribution in [1.82, 2.24) is 19.9 Å². The number of hydrogen-bond donors (Lipinski definition) is 2. The van der Waals surface area contributed by atoms with Gasteiger partial charge in [-0.15, -0.1) is 0 Å². The Kier molecular flexibility index (Phi) is 5.85. The first kappa shape index (κ1) is 21.4. The lowest BCUT2D eigenvalue weighted by Crippen LogP contribution is -2.26. The number of carbonyl (C=O) groups is 1. The van der Waals surface area contributed by atoms with Crippen molar-refractivity contribution >= 4 is 33.9 Å². The van der Waals surface area contributed by atoms with E-state index in [2.05, 4.69) is 19.2 Å². The third-order valence-corrected chi connectivity index (χ3v) is 5.33. The number of nitrogen functional groups attached to an aromatic ring is 1. The maximum absolute atomic E-state index is 13.2. The molecule has 0 aliphatic heterocycles. The number of fused-ring (bicyclic) bond motifs is 2. The molecule has 0 aliphatic rings. The SMILES string of the molecule is COc1cc(OC)cc(-n2c(N)c(C(=O)NCCC(C)C)c3nc4ccccc4nc32)c1. The number of hydrogen-bond acceptors (Lipinski definition) is 6. The van der Waals surface area contributed by atoms with Crippen LogP contribution in [-0.2, 0) is 0 Å². The molecule has 0 radical (unpaired) electrons. The van der Waals surface area contributed by atoms with Crippen LogP contribution in [0.3, 0.4) is 0 Å². The summed E-state index contributed by atoms with van der Waals surface area (Å²) in [7, 11) is 3.16. The van der Waals surface area contributed by atoms with E-state index in [0.29, 0.717) is 57.4 Å². The van der Waals surface area contributed by atoms with Crippen LogP contribution >= 0.6 is 0 Å². The van der Waals surface area contributed by atoms with Gasteiger partial charge in [0.05, 0.1) is 30.9 Å². The van der Waals surface area contributed by atoms with Crippen molar-refractivity contribution in [3.8, 4) is 17.2 Å². The van der Waals surface area contributed by atoms with Gasteiger partial charge >= 0.3 is 0 Å². The number of nitrogens with zero attached hydrogens (tertiary/aromatic N) is 3. The fourth-order valence-electron chi connectivity index (χ4n) is 3.63. The van der Waals surface area contributed by atoms with Crippen LogP contribution in [0, 0.1) is 5.92 Å². The highest BCUT2D eigenvalue weighted by atomic mass is 16.5. The molecule has 1 amide bonds. The van der Waals surface area contributed by atoms with E-state index in [1.165, 1.54) is 0 Å². The number of para-hydroxylation sites is 2. The zero-order valence-corrected chi connectivity index (χ0v) is 18.7. The van der Waals surface area contributed by atoms with Gasteiger partial charge in [0, 0.05) is 24.7 Å². The molecule has 0 saturated heterocycles. The van der Waals surface area contributed by atoms with E-state index < -0.39 is 0 Å². The van der Waals surface area contributed by atoms with Crippen molar-refractivity contribution in [1.29, 1.82) is 0 Å². The first-order valence-electron chi connectivity index (χ1n) is 10.5. The second-order valence-corrected chi connectivity index (χ2v) is 7.99. The summed E-state index contributed by atoms with van der Waals surface area (Å²) in [5.41, 5.74) is 9.88. The molecule has 8 nitrogen and oxygen atoms in total. The number of ether oxygens (including phenoxy) is 2. The van der Waals surface area contributed by atoms with Crippen molar-refractivity contribution in [3.63, 3.8) is 0 Å². The number of aromatic nitrogens is 3. The van der Waals surface area contributed by atoms with E-state index in [0.717, 1.165) is 6.42 Å². The van der Waals surface area contributed by atoms with E-state index in [1.54, 1.807) is 24.9 Å². The Bertz CT molecular complexity index is 1270. The molecule has 0 atom stereocenters. The molecule has 0 spiro atoms. The molecule has 0 bridgehead atoms. The van der Waals surface area contributed by atoms with Gasteiger partial charge in [-0.25, -0.2) is 9.97 Å². The quantitative estimate of drug-likeness (QED) is 0.457. The Hall–Kier alpha value is -3.81. The molecule has 0 fully saturated rings. The highest BCUT2D eigenvalue weighted by Crippen LogP contribution is 2.34. The van der Waals surface area contributed by atoms with Crippen LogP contribution in [0.1, 0.15) is 30.6 Å². The summed E-state index contributed by atoms with van der Waals surface area (Å²) < 4.78 is 12.6. The zero-order chi connectivity index (χ0) is 22.8. The molecule has 0 unspecified atom stereocenters. The molecule has 2 heterocycles. The highest BCUT2D eigenvalue weighted by molar-refractivity contribution is 6.11. The van der Waals surface area contributed by atoms with E-state index in [-0.39, 0.29) is 11.7 Å². The Balaban J connectivity index is 1.96. The first-order valence-corrected chi connectivity index (χ1v) is 10.5. The topological polar surface area (TPSA) is 104 Å². The molecule has 4 rings (SSSR count). The third-order valence-electron chi connectivity index (χ3n) is 5.33. The summed E-state index contributed by atoms with van der Waals surface area (Å²) in [6, 6.07) is 12.9. The Morgan fingerprint density at radius 2 is 1.69 bits per heavy atom. The van der Waals surface area contributed by atoms with Crippen molar-refractivity contribution in [2.24, 2.45) is 5.92 Å². The van der Waals surface area contributed by atoms with E-state index in [4.69, 9.17) is 25.2 Å². The number of anilines is 1. The van der Waals surface area contributed by atoms with Crippen LogP contribution in [0.2, 0.25) is 0 Å². The molecule has 8 heteroatoms. The summed E-state index contributed by atoms with van der Waals surface area (Å²) in [6.07, 6.45) is 0.867. The summed E-state index contributed by atoms with van der Waals surface area (Å²) in [4.78, 5) is 22.7. The number of nitrogens with one attached hydrogen (secondary N) is 1. The monoisotopic (exact) mass is 433 g/mol. The normalized spacial score (nSPS) is 11.3. The molecule has 2 aromatic carbocycles. The molecule has 0 saturated carbocycles. The van der Waals surface area contributed by atoms with E-state index in [9.17, 15) is 4.79 Å². The first-order chi connectivity index (χ1) is 15.4. The molecule has 4 aromatic rings. The Labute approximate surface area is 186 Å². The van der Waals surface area contributed by atoms with Crippen LogP contribution < -0.4 is 20.5 Å². The highest BCUT2D eigenvalue weighted by Gasteiger charge is 2.25. The molecule has 2 aromatic heterocycles. The van der Waals surface area contributed by atoms with Crippen LogP contribution in [-0.4, -0.2) is 41.2 Å². The minimum Gasteiger partial charge on any atom is -0.497 e. The summed E-state index contributed by atoms with van der Waals surface area (Å²) in [5, 5.41) is 2.97. The zero-order valence-electron chi connectivity index (χ0n) is 18.7. The molecular weight excluding hydrogens is 406 g/mol. The minimum absolute atomic E-state index is 0.257. The second kappa shape index (κ2) is 8.74. The third kappa shape index (κ3) is 3.91. The molecule has 3 N–H and O–H groups in total. The van der Waals surface area contributed by atoms with Crippen LogP contribution in [0.4, 0.5) is 5.82 Å². The molecule has 166 valence electrons. The fraction of sp³-hybridized carbons (Fsp3) is 0.292. The average Bonchev–Trinajstić information content (AvgIpc) is 3.07. The van der Waals surface area contributed by atoms with Crippen LogP contribution in [0.25, 0.3) is 27.9 Å². The summed E-state index contributed by atoms with van der Waals surface area (Å²) in [5.74, 6) is 1.65. The standard InChI is InChI=1S/C24H27N5O3/c1-14(2)9-10-26-24(30)20-21-23(28-19-8-6-5-7-18(19)27-21)29(22(20)25)15-11-16(31-3)13-17(12-15)32-4/h5-8,11-14H,9-10,25H2,1-4H3,(H,26,30). The number of benzene rings is 2. The van der Waals surface area contributed by atoms with Gasteiger partial charge in [-0.05, 0) is 24.5 Å². The molecule has 0 aliphatic carbocycles. The van der Waals surface area contributed by atoms with Gasteiger partial charge in [0.25, 0.3) is 5.91 Å². The maximum atomic E-state index is 13.2. The van der Waals surface area contributed by atoms with Crippen LogP contribution in [0.15, 0.2) is 42.5 Å². The molecular formula is C24H27N5O3. The number of methoxy groups -OCH3 is 2. The average molecular weight is 434 g/mol. The Morgan fingerprint density at radius 1 is 1.06 bits per heavy atom. The van der Waals surface area contributed by atoms with Gasteiger partial charge in [-0.3, -0.25) is 9.36 Å². The van der Waals surface area contributed by atoms with Crippen molar-refractivity contribution < 1.29 is 14.3 Å². The smallest absolute Gasteiger partial charge is 0.257 e. The fourth-order valence-corrected chi connectivity index (χ4v) is 3.63. The number of nitrogens with two attached hydrogens (primary N) is 1. The molecule has 32 heavy (non-hydrogen) atoms. The number of amides is 1. The lowest BCUT2D eigenvalue weighted by molar-refractivity contribution is 0.0954. The number of carbonyl (C=O) groups excluding carboxylic acids is 1. The predicted molar refractivity (Wildman–Crippen MR) is 126 cm³/mol. The van der Waals surface area contributed by atoms with Crippen molar-refractivity contribution in [2.75, 3.05) is 26.5 Å². The summed E-state index contributed by atoms with van der Waals surface area (Å²) >= 11 is 0. The van der Waals surface area contributed by atoms with Crippen LogP contribution in [0.5, 0.6) is 11.5 Å². The van der Waals surface area contributed by atoms with Gasteiger partial charge in [-0.2, -0.15) is 0 Å². The minimum atomic E-state index is -0.272. The van der Waals surface area contributed by atoms with Gasteiger partial charge in [0.1, 0.15) is 28.4 Å². The van der Waals surface area contributed by atoms with Crippen molar-refractivity contribution in [2.45, 2.75) is 20.3 Å². The Morgan fingerprint density at radius 3 is 2.28 bits per heavy atom. The second-order valence-electron chi connectivity index (χ2n) is 7.99. The van der Waals surface area contributed by atoms with Gasteiger partial charge in [0.2, 0.25) is 0 Å². The lowest BCUT2D eigenvalue weighted by atomic mass is 10.1. The largest absolute Gasteiger partial charge is 0.497 e. The lowest BCUT2D eigenvalue weighted by Gasteiger charge is -2.12. The number of rotatable bonds is 7. The predicted octanol–water partition coefficient (Wildman–Crippen LogP) is 3.95. The maximum Gasteiger partial charge on any atom is 0.257 e. The van der Waals surface area contributed by atoms with E-state index >= 15 is 0 Å². The van der Waals surface area contributed by atoms with Crippen molar-refractivity contribution in [3.05, 3.63) is 48.0 Å². The van der Waals surface area contributed by atoms with Gasteiger partial charge < -0.3 is 20.5 Å². The van der Waals surface area contributed by atoms with Gasteiger partial charge in [-0.1, -0.05) is 26.0 Å². The van der Waals surface area contributed by atoms with Gasteiger partial charge in [0.15, 0.2) is 5.65 Å². The van der Waals surface area contributed by atoms with E-state index in [1.807, 2.05) is 36.4 Å².